The van der Waals surface area contributed by atoms with E-state index in [0.29, 0.717) is 12.1 Å². The Kier molecular flexibility index (Phi) is 6.54. The minimum absolute atomic E-state index is 0.0570. The molecular weight excluding hydrogens is 268 g/mol. The van der Waals surface area contributed by atoms with Gasteiger partial charge in [-0.1, -0.05) is 37.3 Å². The number of benzene rings is 1. The number of nitrogens with one attached hydrogen (secondary N) is 1. The van der Waals surface area contributed by atoms with Crippen LogP contribution in [0.2, 0.25) is 0 Å². The summed E-state index contributed by atoms with van der Waals surface area (Å²) in [6, 6.07) is 8.66. The number of carboxylic acid groups (broad SMARTS) is 1. The molecule has 6 heteroatoms. The van der Waals surface area contributed by atoms with Crippen LogP contribution in [0.25, 0.3) is 0 Å². The van der Waals surface area contributed by atoms with E-state index in [4.69, 9.17) is 4.74 Å². The van der Waals surface area contributed by atoms with Crippen molar-refractivity contribution < 1.29 is 23.4 Å². The van der Waals surface area contributed by atoms with Gasteiger partial charge in [-0.25, -0.2) is 13.6 Å². The van der Waals surface area contributed by atoms with Crippen LogP contribution >= 0.6 is 0 Å². The molecule has 0 heterocycles. The number of carboxylic acids is 1. The minimum Gasteiger partial charge on any atom is -0.480 e. The van der Waals surface area contributed by atoms with E-state index in [1.54, 1.807) is 37.3 Å². The van der Waals surface area contributed by atoms with Crippen molar-refractivity contribution in [3.8, 4) is 0 Å². The summed E-state index contributed by atoms with van der Waals surface area (Å²) in [6.45, 7) is 1.49. The molecule has 0 bridgehead atoms. The van der Waals surface area contributed by atoms with Gasteiger partial charge in [0.05, 0.1) is 0 Å². The van der Waals surface area contributed by atoms with Crippen LogP contribution in [0.1, 0.15) is 18.9 Å². The van der Waals surface area contributed by atoms with Gasteiger partial charge in [0.2, 0.25) is 0 Å². The number of rotatable bonds is 9. The zero-order valence-corrected chi connectivity index (χ0v) is 11.3. The summed E-state index contributed by atoms with van der Waals surface area (Å²) in [5.74, 6) is -1.05. The fourth-order valence-electron chi connectivity index (χ4n) is 2.06. The van der Waals surface area contributed by atoms with Gasteiger partial charge in [-0.05, 0) is 12.1 Å². The van der Waals surface area contributed by atoms with Crippen LogP contribution in [0, 0.1) is 0 Å². The van der Waals surface area contributed by atoms with Gasteiger partial charge < -0.3 is 9.84 Å². The van der Waals surface area contributed by atoms with E-state index >= 15 is 0 Å². The number of ether oxygens (including phenoxy) is 1. The third-order valence-electron chi connectivity index (χ3n) is 2.98. The summed E-state index contributed by atoms with van der Waals surface area (Å²) >= 11 is 0. The highest BCUT2D eigenvalue weighted by Crippen LogP contribution is 2.25. The van der Waals surface area contributed by atoms with Crippen LogP contribution in [0.4, 0.5) is 8.78 Å². The molecule has 1 atom stereocenters. The molecule has 1 aromatic carbocycles. The van der Waals surface area contributed by atoms with Gasteiger partial charge >= 0.3 is 5.97 Å². The first-order valence-corrected chi connectivity index (χ1v) is 6.42. The Labute approximate surface area is 116 Å². The van der Waals surface area contributed by atoms with Crippen LogP contribution in [-0.4, -0.2) is 37.3 Å². The van der Waals surface area contributed by atoms with E-state index in [-0.39, 0.29) is 13.0 Å². The molecule has 0 aliphatic rings. The predicted octanol–water partition coefficient (Wildman–Crippen LogP) is 2.25. The Morgan fingerprint density at radius 2 is 2.05 bits per heavy atom. The van der Waals surface area contributed by atoms with E-state index in [2.05, 4.69) is 5.32 Å². The number of likely N-dealkylation sites (N-methyl/N-ethyl adjacent to an activating group) is 1. The molecule has 0 saturated heterocycles. The highest BCUT2D eigenvalue weighted by molar-refractivity contribution is 5.80. The number of carbonyl (C=O) groups is 1. The molecule has 1 aromatic rings. The van der Waals surface area contributed by atoms with E-state index in [0.717, 1.165) is 0 Å². The molecule has 0 spiro atoms. The summed E-state index contributed by atoms with van der Waals surface area (Å²) in [5.41, 5.74) is -0.743. The number of hydrogen-bond acceptors (Lipinski definition) is 3. The Morgan fingerprint density at radius 1 is 1.40 bits per heavy atom. The predicted molar refractivity (Wildman–Crippen MR) is 70.9 cm³/mol. The fraction of sp³-hybridized carbons (Fsp3) is 0.500. The number of halogens is 2. The molecule has 20 heavy (non-hydrogen) atoms. The van der Waals surface area contributed by atoms with E-state index in [9.17, 15) is 18.7 Å². The molecule has 0 amide bonds. The first-order chi connectivity index (χ1) is 9.53. The van der Waals surface area contributed by atoms with Gasteiger partial charge in [0.25, 0.3) is 6.43 Å². The average molecular weight is 287 g/mol. The number of aliphatic carboxylic acids is 1. The lowest BCUT2D eigenvalue weighted by atomic mass is 9.86. The van der Waals surface area contributed by atoms with Gasteiger partial charge in [0, 0.05) is 13.0 Å². The Balaban J connectivity index is 2.86. The molecule has 1 unspecified atom stereocenters. The SMILES string of the molecule is CCNC(CCOCC(F)F)(C(=O)O)c1ccccc1. The van der Waals surface area contributed by atoms with Crippen LogP contribution in [0.5, 0.6) is 0 Å². The van der Waals surface area contributed by atoms with Crippen LogP contribution in [0.3, 0.4) is 0 Å². The van der Waals surface area contributed by atoms with Gasteiger partial charge in [-0.2, -0.15) is 0 Å². The molecule has 0 saturated carbocycles. The molecule has 2 N–H and O–H groups in total. The Morgan fingerprint density at radius 3 is 2.55 bits per heavy atom. The first kappa shape index (κ1) is 16.5. The largest absolute Gasteiger partial charge is 0.480 e. The van der Waals surface area contributed by atoms with Crippen molar-refractivity contribution in [1.29, 1.82) is 0 Å². The lowest BCUT2D eigenvalue weighted by molar-refractivity contribution is -0.146. The highest BCUT2D eigenvalue weighted by Gasteiger charge is 2.39. The van der Waals surface area contributed by atoms with Crippen LogP contribution in [0.15, 0.2) is 30.3 Å². The lowest BCUT2D eigenvalue weighted by Gasteiger charge is -2.30. The smallest absolute Gasteiger partial charge is 0.328 e. The molecule has 0 fully saturated rings. The van der Waals surface area contributed by atoms with E-state index in [1.165, 1.54) is 0 Å². The Bertz CT molecular complexity index is 414. The van der Waals surface area contributed by atoms with Crippen molar-refractivity contribution in [3.63, 3.8) is 0 Å². The van der Waals surface area contributed by atoms with Gasteiger partial charge in [0.1, 0.15) is 12.1 Å². The second kappa shape index (κ2) is 7.91. The minimum atomic E-state index is -2.55. The quantitative estimate of drug-likeness (QED) is 0.684. The third-order valence-corrected chi connectivity index (χ3v) is 2.98. The summed E-state index contributed by atoms with van der Waals surface area (Å²) in [5, 5.41) is 12.5. The van der Waals surface area contributed by atoms with Gasteiger partial charge in [-0.3, -0.25) is 5.32 Å². The molecule has 0 radical (unpaired) electrons. The number of hydrogen-bond donors (Lipinski definition) is 2. The topological polar surface area (TPSA) is 58.6 Å². The summed E-state index contributed by atoms with van der Waals surface area (Å²) < 4.78 is 28.9. The van der Waals surface area contributed by atoms with E-state index < -0.39 is 24.5 Å². The highest BCUT2D eigenvalue weighted by atomic mass is 19.3. The normalized spacial score (nSPS) is 14.2. The molecular formula is C14H19F2NO3. The second-order valence-electron chi connectivity index (χ2n) is 4.32. The molecule has 112 valence electrons. The molecule has 1 rings (SSSR count). The third kappa shape index (κ3) is 4.25. The average Bonchev–Trinajstić information content (AvgIpc) is 2.42. The maximum Gasteiger partial charge on any atom is 0.328 e. The Hall–Kier alpha value is -1.53. The lowest BCUT2D eigenvalue weighted by Crippen LogP contribution is -2.50. The number of alkyl halides is 2. The van der Waals surface area contributed by atoms with E-state index in [1.807, 2.05) is 0 Å². The second-order valence-corrected chi connectivity index (χ2v) is 4.32. The molecule has 0 aliphatic heterocycles. The maximum absolute atomic E-state index is 12.0. The summed E-state index contributed by atoms with van der Waals surface area (Å²) in [7, 11) is 0. The van der Waals surface area contributed by atoms with Crippen molar-refractivity contribution in [3.05, 3.63) is 35.9 Å². The van der Waals surface area contributed by atoms with Crippen molar-refractivity contribution >= 4 is 5.97 Å². The van der Waals surface area contributed by atoms with Gasteiger partial charge in [-0.15, -0.1) is 0 Å². The van der Waals surface area contributed by atoms with Crippen molar-refractivity contribution in [2.24, 2.45) is 0 Å². The monoisotopic (exact) mass is 287 g/mol. The molecule has 0 aromatic heterocycles. The maximum atomic E-state index is 12.0. The van der Waals surface area contributed by atoms with Crippen molar-refractivity contribution in [2.45, 2.75) is 25.3 Å². The van der Waals surface area contributed by atoms with Crippen LogP contribution < -0.4 is 5.32 Å². The standard InChI is InChI=1S/C14H19F2NO3/c1-2-17-14(13(18)19,8-9-20-10-12(15)16)11-6-4-3-5-7-11/h3-7,12,17H,2,8-10H2,1H3,(H,18,19). The fourth-order valence-corrected chi connectivity index (χ4v) is 2.06. The van der Waals surface area contributed by atoms with Crippen LogP contribution in [-0.2, 0) is 15.1 Å². The molecule has 4 nitrogen and oxygen atoms in total. The first-order valence-electron chi connectivity index (χ1n) is 6.42. The van der Waals surface area contributed by atoms with Crippen molar-refractivity contribution in [1.82, 2.24) is 5.32 Å². The summed E-state index contributed by atoms with van der Waals surface area (Å²) in [4.78, 5) is 11.7. The summed E-state index contributed by atoms with van der Waals surface area (Å²) in [6.07, 6.45) is -2.47. The molecule has 0 aliphatic carbocycles. The zero-order chi connectivity index (χ0) is 15.0. The van der Waals surface area contributed by atoms with Gasteiger partial charge in [0.15, 0.2) is 0 Å². The van der Waals surface area contributed by atoms with Crippen molar-refractivity contribution in [2.75, 3.05) is 19.8 Å². The zero-order valence-electron chi connectivity index (χ0n) is 11.3.